The highest BCUT2D eigenvalue weighted by Crippen LogP contribution is 2.49. The summed E-state index contributed by atoms with van der Waals surface area (Å²) in [6.07, 6.45) is 2.67. The number of nitrogens with zero attached hydrogens (tertiary/aromatic N) is 2. The van der Waals surface area contributed by atoms with Crippen molar-refractivity contribution < 1.29 is 27.2 Å². The first-order chi connectivity index (χ1) is 15.2. The molecule has 2 fully saturated rings. The lowest BCUT2D eigenvalue weighted by Gasteiger charge is -2.52. The molecule has 0 bridgehead atoms. The number of amides is 2. The van der Waals surface area contributed by atoms with Gasteiger partial charge in [0.2, 0.25) is 0 Å². The van der Waals surface area contributed by atoms with Gasteiger partial charge in [-0.3, -0.25) is 9.59 Å². The lowest BCUT2D eigenvalue weighted by molar-refractivity contribution is 0.00857. The normalized spacial score (nSPS) is 17.5. The monoisotopic (exact) mass is 445 g/mol. The third-order valence-electron chi connectivity index (χ3n) is 6.41. The van der Waals surface area contributed by atoms with E-state index in [2.05, 4.69) is 5.32 Å². The number of halogens is 4. The zero-order valence-corrected chi connectivity index (χ0v) is 16.9. The quantitative estimate of drug-likeness (QED) is 0.442. The first kappa shape index (κ1) is 21.8. The summed E-state index contributed by atoms with van der Waals surface area (Å²) in [6, 6.07) is 8.51. The first-order valence-electron chi connectivity index (χ1n) is 10.2. The summed E-state index contributed by atoms with van der Waals surface area (Å²) in [5.74, 6) is -8.41. The molecule has 0 radical (unpaired) electrons. The molecule has 9 heteroatoms. The Balaban J connectivity index is 1.31. The van der Waals surface area contributed by atoms with Gasteiger partial charge in [-0.2, -0.15) is 5.26 Å². The Bertz CT molecular complexity index is 1110. The zero-order chi connectivity index (χ0) is 23.0. The van der Waals surface area contributed by atoms with Crippen LogP contribution in [0, 0.1) is 40.0 Å². The lowest BCUT2D eigenvalue weighted by atomic mass is 9.60. The van der Waals surface area contributed by atoms with Gasteiger partial charge in [0.15, 0.2) is 23.3 Å². The molecule has 0 atom stereocenters. The third kappa shape index (κ3) is 3.93. The SMILES string of the molecule is N#Cc1ccc(C(=O)N2CCC3(CC2)CC(NC(=O)c2cc(F)c(F)c(F)c2F)C3)cc1. The molecule has 0 unspecified atom stereocenters. The fraction of sp³-hybridized carbons (Fsp3) is 0.348. The number of piperidine rings is 1. The molecule has 1 saturated heterocycles. The van der Waals surface area contributed by atoms with E-state index in [0.29, 0.717) is 43.1 Å². The van der Waals surface area contributed by atoms with Crippen LogP contribution in [0.15, 0.2) is 30.3 Å². The smallest absolute Gasteiger partial charge is 0.254 e. The third-order valence-corrected chi connectivity index (χ3v) is 6.41. The standard InChI is InChI=1S/C23H19F4N3O2/c24-17-9-16(18(25)20(27)19(17)26)21(31)29-15-10-23(11-15)5-7-30(8-6-23)22(32)14-3-1-13(12-28)2-4-14/h1-4,9,15H,5-8,10-11H2,(H,29,31). The minimum Gasteiger partial charge on any atom is -0.349 e. The second-order valence-corrected chi connectivity index (χ2v) is 8.41. The second-order valence-electron chi connectivity index (χ2n) is 8.41. The van der Waals surface area contributed by atoms with Crippen LogP contribution >= 0.6 is 0 Å². The van der Waals surface area contributed by atoms with E-state index in [-0.39, 0.29) is 17.4 Å². The van der Waals surface area contributed by atoms with E-state index in [1.807, 2.05) is 6.07 Å². The number of likely N-dealkylation sites (tertiary alicyclic amines) is 1. The molecule has 5 nitrogen and oxygen atoms in total. The van der Waals surface area contributed by atoms with Crippen LogP contribution in [0.4, 0.5) is 17.6 Å². The van der Waals surface area contributed by atoms with Crippen LogP contribution in [0.5, 0.6) is 0 Å². The number of nitrogens with one attached hydrogen (secondary N) is 1. The van der Waals surface area contributed by atoms with Crippen molar-refractivity contribution >= 4 is 11.8 Å². The van der Waals surface area contributed by atoms with E-state index in [1.54, 1.807) is 29.2 Å². The highest BCUT2D eigenvalue weighted by molar-refractivity contribution is 5.95. The predicted molar refractivity (Wildman–Crippen MR) is 105 cm³/mol. The average molecular weight is 445 g/mol. The Morgan fingerprint density at radius 3 is 2.22 bits per heavy atom. The van der Waals surface area contributed by atoms with E-state index >= 15 is 0 Å². The molecule has 2 aromatic rings. The molecular formula is C23H19F4N3O2. The fourth-order valence-corrected chi connectivity index (χ4v) is 4.55. The van der Waals surface area contributed by atoms with Crippen molar-refractivity contribution in [3.63, 3.8) is 0 Å². The molecule has 166 valence electrons. The topological polar surface area (TPSA) is 73.2 Å². The summed E-state index contributed by atoms with van der Waals surface area (Å²) in [5.41, 5.74) is 0.0643. The van der Waals surface area contributed by atoms with Crippen LogP contribution in [0.25, 0.3) is 0 Å². The number of hydrogen-bond donors (Lipinski definition) is 1. The Hall–Kier alpha value is -3.41. The second kappa shape index (κ2) is 8.26. The van der Waals surface area contributed by atoms with Gasteiger partial charge in [-0.25, -0.2) is 17.6 Å². The minimum atomic E-state index is -2.01. The Kier molecular flexibility index (Phi) is 5.63. The van der Waals surface area contributed by atoms with Gasteiger partial charge in [0.05, 0.1) is 17.2 Å². The number of rotatable bonds is 3. The number of carbonyl (C=O) groups excluding carboxylic acids is 2. The van der Waals surface area contributed by atoms with Crippen molar-refractivity contribution in [3.05, 3.63) is 70.3 Å². The molecule has 1 heterocycles. The maximum absolute atomic E-state index is 13.8. The van der Waals surface area contributed by atoms with Crippen LogP contribution in [-0.4, -0.2) is 35.8 Å². The van der Waals surface area contributed by atoms with E-state index in [9.17, 15) is 27.2 Å². The van der Waals surface area contributed by atoms with Crippen molar-refractivity contribution in [3.8, 4) is 6.07 Å². The van der Waals surface area contributed by atoms with Gasteiger partial charge in [-0.15, -0.1) is 0 Å². The Labute approximate surface area is 181 Å². The molecule has 2 amide bonds. The largest absolute Gasteiger partial charge is 0.349 e. The van der Waals surface area contributed by atoms with E-state index < -0.39 is 34.7 Å². The van der Waals surface area contributed by atoms with Crippen LogP contribution in [0.3, 0.4) is 0 Å². The molecule has 1 saturated carbocycles. The number of nitriles is 1. The van der Waals surface area contributed by atoms with Crippen molar-refractivity contribution in [1.82, 2.24) is 10.2 Å². The lowest BCUT2D eigenvalue weighted by Crippen LogP contribution is -2.55. The summed E-state index contributed by atoms with van der Waals surface area (Å²) in [6.45, 7) is 1.09. The Morgan fingerprint density at radius 1 is 1.00 bits per heavy atom. The number of hydrogen-bond acceptors (Lipinski definition) is 3. The van der Waals surface area contributed by atoms with Gasteiger partial charge in [0.1, 0.15) is 0 Å². The summed E-state index contributed by atoms with van der Waals surface area (Å²) in [7, 11) is 0. The van der Waals surface area contributed by atoms with Gasteiger partial charge in [0.25, 0.3) is 11.8 Å². The van der Waals surface area contributed by atoms with Crippen LogP contribution in [0.2, 0.25) is 0 Å². The van der Waals surface area contributed by atoms with E-state index in [1.165, 1.54) is 0 Å². The fourth-order valence-electron chi connectivity index (χ4n) is 4.55. The van der Waals surface area contributed by atoms with E-state index in [0.717, 1.165) is 12.8 Å². The zero-order valence-electron chi connectivity index (χ0n) is 16.9. The maximum atomic E-state index is 13.8. The first-order valence-corrected chi connectivity index (χ1v) is 10.2. The van der Waals surface area contributed by atoms with Crippen molar-refractivity contribution in [1.29, 1.82) is 5.26 Å². The van der Waals surface area contributed by atoms with Gasteiger partial charge >= 0.3 is 0 Å². The van der Waals surface area contributed by atoms with Gasteiger partial charge in [-0.05, 0) is 61.4 Å². The van der Waals surface area contributed by atoms with Crippen molar-refractivity contribution in [2.45, 2.75) is 31.7 Å². The highest BCUT2D eigenvalue weighted by atomic mass is 19.2. The van der Waals surface area contributed by atoms with Crippen LogP contribution in [-0.2, 0) is 0 Å². The van der Waals surface area contributed by atoms with Crippen molar-refractivity contribution in [2.24, 2.45) is 5.41 Å². The number of carbonyl (C=O) groups is 2. The molecule has 32 heavy (non-hydrogen) atoms. The molecule has 2 aromatic carbocycles. The predicted octanol–water partition coefficient (Wildman–Crippen LogP) is 3.93. The molecule has 2 aliphatic rings. The Morgan fingerprint density at radius 2 is 1.62 bits per heavy atom. The average Bonchev–Trinajstić information content (AvgIpc) is 2.79. The maximum Gasteiger partial charge on any atom is 0.254 e. The van der Waals surface area contributed by atoms with Gasteiger partial charge in [0, 0.05) is 24.7 Å². The molecule has 1 N–H and O–H groups in total. The molecule has 1 aliphatic carbocycles. The van der Waals surface area contributed by atoms with Crippen LogP contribution < -0.4 is 5.32 Å². The molecule has 0 aromatic heterocycles. The number of benzene rings is 2. The molecule has 1 spiro atoms. The molecule has 1 aliphatic heterocycles. The molecule has 4 rings (SSSR count). The van der Waals surface area contributed by atoms with Gasteiger partial charge < -0.3 is 10.2 Å². The summed E-state index contributed by atoms with van der Waals surface area (Å²) >= 11 is 0. The van der Waals surface area contributed by atoms with Crippen molar-refractivity contribution in [2.75, 3.05) is 13.1 Å². The highest BCUT2D eigenvalue weighted by Gasteiger charge is 2.47. The molecular weight excluding hydrogens is 426 g/mol. The van der Waals surface area contributed by atoms with Crippen LogP contribution in [0.1, 0.15) is 52.0 Å². The van der Waals surface area contributed by atoms with E-state index in [4.69, 9.17) is 5.26 Å². The minimum absolute atomic E-state index is 0.0583. The summed E-state index contributed by atoms with van der Waals surface area (Å²) < 4.78 is 53.6. The summed E-state index contributed by atoms with van der Waals surface area (Å²) in [5, 5.41) is 11.4. The summed E-state index contributed by atoms with van der Waals surface area (Å²) in [4.78, 5) is 26.6. The van der Waals surface area contributed by atoms with Gasteiger partial charge in [-0.1, -0.05) is 0 Å².